The van der Waals surface area contributed by atoms with E-state index in [1.165, 1.54) is 5.56 Å². The summed E-state index contributed by atoms with van der Waals surface area (Å²) in [5.41, 5.74) is 7.29. The average molecular weight is 296 g/mol. The highest BCUT2D eigenvalue weighted by molar-refractivity contribution is 7.99. The second-order valence-electron chi connectivity index (χ2n) is 4.58. The second kappa shape index (κ2) is 6.46. The molecule has 0 saturated carbocycles. The molecule has 3 nitrogen and oxygen atoms in total. The molecule has 1 heterocycles. The molecule has 0 aliphatic heterocycles. The van der Waals surface area contributed by atoms with Crippen molar-refractivity contribution in [3.05, 3.63) is 41.2 Å². The van der Waals surface area contributed by atoms with Crippen LogP contribution in [0.4, 0.5) is 0 Å². The summed E-state index contributed by atoms with van der Waals surface area (Å²) in [7, 11) is 1.91. The smallest absolute Gasteiger partial charge is 0.0629 e. The minimum Gasteiger partial charge on any atom is -0.327 e. The fraction of sp³-hybridized carbons (Fsp3) is 0.357. The predicted molar refractivity (Wildman–Crippen MR) is 80.8 cm³/mol. The number of benzene rings is 1. The van der Waals surface area contributed by atoms with Crippen molar-refractivity contribution in [3.63, 3.8) is 0 Å². The van der Waals surface area contributed by atoms with Crippen LogP contribution < -0.4 is 5.73 Å². The van der Waals surface area contributed by atoms with E-state index in [-0.39, 0.29) is 6.04 Å². The fourth-order valence-electron chi connectivity index (χ4n) is 1.80. The standard InChI is InChI=1S/C14H18ClN3S/c1-3-12(16)6-10-4-5-11(15)7-14(10)19-13-8-17-18(2)9-13/h4-5,7-9,12H,3,6,16H2,1-2H3. The molecule has 0 aliphatic rings. The van der Waals surface area contributed by atoms with Crippen LogP contribution in [0.2, 0.25) is 5.02 Å². The second-order valence-corrected chi connectivity index (χ2v) is 6.13. The van der Waals surface area contributed by atoms with E-state index in [0.29, 0.717) is 0 Å². The zero-order valence-corrected chi connectivity index (χ0v) is 12.7. The Bertz CT molecular complexity index is 553. The van der Waals surface area contributed by atoms with E-state index in [2.05, 4.69) is 18.1 Å². The third-order valence-electron chi connectivity index (χ3n) is 2.94. The number of rotatable bonds is 5. The maximum atomic E-state index is 6.09. The molecule has 0 radical (unpaired) electrons. The Hall–Kier alpha value is -0.970. The van der Waals surface area contributed by atoms with Crippen LogP contribution in [0, 0.1) is 0 Å². The normalized spacial score (nSPS) is 12.6. The first kappa shape index (κ1) is 14.4. The van der Waals surface area contributed by atoms with Crippen LogP contribution in [0.25, 0.3) is 0 Å². The van der Waals surface area contributed by atoms with Crippen molar-refractivity contribution >= 4 is 23.4 Å². The lowest BCUT2D eigenvalue weighted by molar-refractivity contribution is 0.641. The van der Waals surface area contributed by atoms with Crippen molar-refractivity contribution in [2.75, 3.05) is 0 Å². The zero-order valence-electron chi connectivity index (χ0n) is 11.1. The van der Waals surface area contributed by atoms with Gasteiger partial charge in [0.1, 0.15) is 0 Å². The van der Waals surface area contributed by atoms with E-state index in [0.717, 1.165) is 27.7 Å². The average Bonchev–Trinajstić information content (AvgIpc) is 2.78. The molecule has 5 heteroatoms. The van der Waals surface area contributed by atoms with Gasteiger partial charge < -0.3 is 5.73 Å². The summed E-state index contributed by atoms with van der Waals surface area (Å²) in [6.07, 6.45) is 5.69. The van der Waals surface area contributed by atoms with E-state index in [1.807, 2.05) is 31.6 Å². The summed E-state index contributed by atoms with van der Waals surface area (Å²) in [6, 6.07) is 6.18. The molecule has 0 saturated heterocycles. The molecule has 102 valence electrons. The van der Waals surface area contributed by atoms with Crippen LogP contribution >= 0.6 is 23.4 Å². The van der Waals surface area contributed by atoms with Gasteiger partial charge in [-0.3, -0.25) is 4.68 Å². The Kier molecular flexibility index (Phi) is 4.91. The molecule has 1 unspecified atom stereocenters. The van der Waals surface area contributed by atoms with E-state index < -0.39 is 0 Å². The lowest BCUT2D eigenvalue weighted by Crippen LogP contribution is -2.21. The molecule has 2 N–H and O–H groups in total. The molecule has 2 aromatic rings. The highest BCUT2D eigenvalue weighted by Crippen LogP contribution is 2.32. The SMILES string of the molecule is CCC(N)Cc1ccc(Cl)cc1Sc1cnn(C)c1. The van der Waals surface area contributed by atoms with Crippen LogP contribution in [0.1, 0.15) is 18.9 Å². The fourth-order valence-corrected chi connectivity index (χ4v) is 3.06. The monoisotopic (exact) mass is 295 g/mol. The molecule has 0 aliphatic carbocycles. The molecule has 1 aromatic carbocycles. The van der Waals surface area contributed by atoms with Gasteiger partial charge in [0.25, 0.3) is 0 Å². The number of aryl methyl sites for hydroxylation is 1. The Balaban J connectivity index is 2.24. The van der Waals surface area contributed by atoms with Gasteiger partial charge in [-0.25, -0.2) is 0 Å². The summed E-state index contributed by atoms with van der Waals surface area (Å²) < 4.78 is 1.80. The van der Waals surface area contributed by atoms with Gasteiger partial charge in [0.05, 0.1) is 11.1 Å². The highest BCUT2D eigenvalue weighted by Gasteiger charge is 2.10. The molecule has 2 rings (SSSR count). The Morgan fingerprint density at radius 3 is 2.89 bits per heavy atom. The summed E-state index contributed by atoms with van der Waals surface area (Å²) >= 11 is 7.77. The molecule has 1 aromatic heterocycles. The minimum absolute atomic E-state index is 0.189. The quantitative estimate of drug-likeness (QED) is 0.918. The molecule has 0 spiro atoms. The number of aromatic nitrogens is 2. The van der Waals surface area contributed by atoms with Gasteiger partial charge in [-0.05, 0) is 30.5 Å². The Morgan fingerprint density at radius 1 is 1.47 bits per heavy atom. The maximum Gasteiger partial charge on any atom is 0.0629 e. The first-order chi connectivity index (χ1) is 9.08. The third-order valence-corrected chi connectivity index (χ3v) is 4.23. The Labute approximate surface area is 123 Å². The van der Waals surface area contributed by atoms with Crippen LogP contribution in [-0.2, 0) is 13.5 Å². The van der Waals surface area contributed by atoms with Crippen molar-refractivity contribution in [2.45, 2.75) is 35.6 Å². The van der Waals surface area contributed by atoms with Gasteiger partial charge in [-0.15, -0.1) is 0 Å². The van der Waals surface area contributed by atoms with Crippen LogP contribution in [0.5, 0.6) is 0 Å². The van der Waals surface area contributed by atoms with Gasteiger partial charge in [0, 0.05) is 29.2 Å². The van der Waals surface area contributed by atoms with E-state index >= 15 is 0 Å². The summed E-state index contributed by atoms with van der Waals surface area (Å²) in [6.45, 7) is 2.11. The number of hydrogen-bond acceptors (Lipinski definition) is 3. The summed E-state index contributed by atoms with van der Waals surface area (Å²) in [4.78, 5) is 2.26. The molecule has 0 fully saturated rings. The lowest BCUT2D eigenvalue weighted by Gasteiger charge is -2.13. The number of nitrogens with two attached hydrogens (primary N) is 1. The van der Waals surface area contributed by atoms with Crippen LogP contribution in [0.15, 0.2) is 40.4 Å². The first-order valence-corrected chi connectivity index (χ1v) is 7.48. The first-order valence-electron chi connectivity index (χ1n) is 6.29. The van der Waals surface area contributed by atoms with Gasteiger partial charge in [-0.1, -0.05) is 36.4 Å². The van der Waals surface area contributed by atoms with Gasteiger partial charge in [0.2, 0.25) is 0 Å². The molecule has 19 heavy (non-hydrogen) atoms. The highest BCUT2D eigenvalue weighted by atomic mass is 35.5. The van der Waals surface area contributed by atoms with E-state index in [4.69, 9.17) is 17.3 Å². The van der Waals surface area contributed by atoms with Gasteiger partial charge in [-0.2, -0.15) is 5.10 Å². The molecular weight excluding hydrogens is 278 g/mol. The van der Waals surface area contributed by atoms with Crippen molar-refractivity contribution in [3.8, 4) is 0 Å². The maximum absolute atomic E-state index is 6.09. The zero-order chi connectivity index (χ0) is 13.8. The van der Waals surface area contributed by atoms with Gasteiger partial charge >= 0.3 is 0 Å². The lowest BCUT2D eigenvalue weighted by atomic mass is 10.1. The molecular formula is C14H18ClN3S. The summed E-state index contributed by atoms with van der Waals surface area (Å²) in [5.74, 6) is 0. The van der Waals surface area contributed by atoms with Crippen molar-refractivity contribution in [1.82, 2.24) is 9.78 Å². The van der Waals surface area contributed by atoms with Crippen LogP contribution in [0.3, 0.4) is 0 Å². The minimum atomic E-state index is 0.189. The van der Waals surface area contributed by atoms with Crippen molar-refractivity contribution in [1.29, 1.82) is 0 Å². The van der Waals surface area contributed by atoms with Gasteiger partial charge in [0.15, 0.2) is 0 Å². The molecule has 1 atom stereocenters. The Morgan fingerprint density at radius 2 is 2.26 bits per heavy atom. The number of hydrogen-bond donors (Lipinski definition) is 1. The van der Waals surface area contributed by atoms with Crippen LogP contribution in [-0.4, -0.2) is 15.8 Å². The number of halogens is 1. The largest absolute Gasteiger partial charge is 0.327 e. The predicted octanol–water partition coefficient (Wildman–Crippen LogP) is 3.50. The number of nitrogens with zero attached hydrogens (tertiary/aromatic N) is 2. The third kappa shape index (κ3) is 4.00. The van der Waals surface area contributed by atoms with Crippen molar-refractivity contribution < 1.29 is 0 Å². The van der Waals surface area contributed by atoms with E-state index in [9.17, 15) is 0 Å². The van der Waals surface area contributed by atoms with Crippen molar-refractivity contribution in [2.24, 2.45) is 12.8 Å². The topological polar surface area (TPSA) is 43.8 Å². The van der Waals surface area contributed by atoms with E-state index in [1.54, 1.807) is 16.4 Å². The molecule has 0 amide bonds. The summed E-state index contributed by atoms with van der Waals surface area (Å²) in [5, 5.41) is 4.93. The molecule has 0 bridgehead atoms.